The van der Waals surface area contributed by atoms with E-state index >= 15 is 0 Å². The van der Waals surface area contributed by atoms with Crippen LogP contribution in [0, 0.1) is 6.92 Å². The van der Waals surface area contributed by atoms with E-state index in [0.717, 1.165) is 49.9 Å². The Hall–Kier alpha value is -3.64. The van der Waals surface area contributed by atoms with Gasteiger partial charge in [0.2, 0.25) is 0 Å². The number of thiophene rings is 1. The topological polar surface area (TPSA) is 73.2 Å². The smallest absolute Gasteiger partial charge is 0.116 e. The zero-order valence-electron chi connectivity index (χ0n) is 19.0. The summed E-state index contributed by atoms with van der Waals surface area (Å²) in [5, 5.41) is 20.4. The molecule has 6 heteroatoms. The zero-order valence-corrected chi connectivity index (χ0v) is 19.8. The van der Waals surface area contributed by atoms with Crippen molar-refractivity contribution in [3.63, 3.8) is 0 Å². The Kier molecular flexibility index (Phi) is 7.63. The zero-order chi connectivity index (χ0) is 23.1. The molecule has 0 radical (unpaired) electrons. The number of aromatic amines is 3. The predicted molar refractivity (Wildman–Crippen MR) is 138 cm³/mol. The third kappa shape index (κ3) is 4.81. The monoisotopic (exact) mass is 443 g/mol. The Morgan fingerprint density at radius 1 is 1.19 bits per heavy atom. The van der Waals surface area contributed by atoms with Gasteiger partial charge in [-0.15, -0.1) is 0 Å². The first-order valence-electron chi connectivity index (χ1n) is 10.5. The van der Waals surface area contributed by atoms with Gasteiger partial charge in [0, 0.05) is 28.2 Å². The number of allylic oxidation sites excluding steroid dienone is 4. The van der Waals surface area contributed by atoms with E-state index in [-0.39, 0.29) is 0 Å². The summed E-state index contributed by atoms with van der Waals surface area (Å²) in [6.07, 6.45) is 11.6. The minimum absolute atomic E-state index is 0.813. The molecule has 0 unspecified atom stereocenters. The Labute approximate surface area is 192 Å². The summed E-state index contributed by atoms with van der Waals surface area (Å²) < 4.78 is 0. The second-order valence-electron chi connectivity index (χ2n) is 7.02. The van der Waals surface area contributed by atoms with Gasteiger partial charge in [0.05, 0.1) is 17.2 Å². The van der Waals surface area contributed by atoms with Gasteiger partial charge in [-0.05, 0) is 59.5 Å². The first-order valence-corrected chi connectivity index (χ1v) is 11.5. The third-order valence-electron chi connectivity index (χ3n) is 5.03. The van der Waals surface area contributed by atoms with Crippen molar-refractivity contribution in [2.75, 3.05) is 0 Å². The number of rotatable bonds is 6. The molecule has 4 heterocycles. The Balaban J connectivity index is 0.00000141. The van der Waals surface area contributed by atoms with Crippen molar-refractivity contribution in [1.82, 2.24) is 25.4 Å². The maximum absolute atomic E-state index is 4.51. The van der Waals surface area contributed by atoms with Gasteiger partial charge in [-0.1, -0.05) is 45.2 Å². The van der Waals surface area contributed by atoms with Gasteiger partial charge in [0.15, 0.2) is 0 Å². The molecule has 0 spiro atoms. The SMILES string of the molecule is C=C/C=C(/c1ccsc1)c1cc(-c2n[nH]/c(=C/C=C(\C)c3cn[nH]c3)c2=C)[nH]c1C.CC. The van der Waals surface area contributed by atoms with E-state index in [2.05, 4.69) is 68.4 Å². The quantitative estimate of drug-likeness (QED) is 0.347. The van der Waals surface area contributed by atoms with Gasteiger partial charge < -0.3 is 4.98 Å². The maximum Gasteiger partial charge on any atom is 0.116 e. The molecule has 5 nitrogen and oxygen atoms in total. The molecule has 4 rings (SSSR count). The molecule has 32 heavy (non-hydrogen) atoms. The molecular weight excluding hydrogens is 414 g/mol. The van der Waals surface area contributed by atoms with Crippen molar-refractivity contribution in [2.45, 2.75) is 27.7 Å². The number of nitrogens with one attached hydrogen (secondary N) is 3. The number of aromatic nitrogens is 5. The fourth-order valence-electron chi connectivity index (χ4n) is 3.35. The molecule has 164 valence electrons. The van der Waals surface area contributed by atoms with Crippen LogP contribution in [-0.2, 0) is 0 Å². The molecule has 0 aromatic carbocycles. The minimum atomic E-state index is 0.813. The lowest BCUT2D eigenvalue weighted by Crippen LogP contribution is -2.21. The molecule has 0 bridgehead atoms. The molecule has 0 aliphatic rings. The summed E-state index contributed by atoms with van der Waals surface area (Å²) in [4.78, 5) is 3.47. The second kappa shape index (κ2) is 10.6. The summed E-state index contributed by atoms with van der Waals surface area (Å²) in [6, 6.07) is 4.25. The van der Waals surface area contributed by atoms with Crippen LogP contribution in [0.2, 0.25) is 0 Å². The van der Waals surface area contributed by atoms with Crippen molar-refractivity contribution in [2.24, 2.45) is 0 Å². The summed E-state index contributed by atoms with van der Waals surface area (Å²) in [6.45, 7) is 16.2. The first-order chi connectivity index (χ1) is 15.6. The number of H-pyrrole nitrogens is 3. The van der Waals surface area contributed by atoms with Gasteiger partial charge in [-0.3, -0.25) is 10.2 Å². The maximum atomic E-state index is 4.51. The van der Waals surface area contributed by atoms with Gasteiger partial charge in [-0.2, -0.15) is 21.5 Å². The van der Waals surface area contributed by atoms with Crippen LogP contribution >= 0.6 is 11.3 Å². The summed E-state index contributed by atoms with van der Waals surface area (Å²) in [5.74, 6) is 0. The van der Waals surface area contributed by atoms with E-state index in [4.69, 9.17) is 0 Å². The fraction of sp³-hybridized carbons (Fsp3) is 0.154. The lowest BCUT2D eigenvalue weighted by molar-refractivity contribution is 1.06. The number of nitrogens with zero attached hydrogens (tertiary/aromatic N) is 2. The van der Waals surface area contributed by atoms with Gasteiger partial charge in [0.25, 0.3) is 0 Å². The average molecular weight is 444 g/mol. The number of hydrogen-bond donors (Lipinski definition) is 3. The van der Waals surface area contributed by atoms with Crippen molar-refractivity contribution < 1.29 is 0 Å². The number of hydrogen-bond acceptors (Lipinski definition) is 3. The van der Waals surface area contributed by atoms with Crippen LogP contribution in [-0.4, -0.2) is 25.4 Å². The van der Waals surface area contributed by atoms with Crippen LogP contribution in [0.4, 0.5) is 0 Å². The van der Waals surface area contributed by atoms with Crippen molar-refractivity contribution >= 4 is 35.1 Å². The van der Waals surface area contributed by atoms with E-state index in [1.807, 2.05) is 51.3 Å². The molecular formula is C26H29N5S. The molecule has 3 N–H and O–H groups in total. The molecule has 4 aromatic heterocycles. The predicted octanol–water partition coefficient (Wildman–Crippen LogP) is 5.44. The molecule has 0 amide bonds. The molecule has 0 aliphatic carbocycles. The fourth-order valence-corrected chi connectivity index (χ4v) is 4.01. The molecule has 0 saturated carbocycles. The minimum Gasteiger partial charge on any atom is -0.357 e. The van der Waals surface area contributed by atoms with Crippen LogP contribution in [0.15, 0.2) is 60.1 Å². The second-order valence-corrected chi connectivity index (χ2v) is 7.80. The number of aryl methyl sites for hydroxylation is 1. The van der Waals surface area contributed by atoms with Gasteiger partial charge in [-0.25, -0.2) is 0 Å². The average Bonchev–Trinajstić information content (AvgIpc) is 3.60. The Bertz CT molecular complexity index is 1330. The van der Waals surface area contributed by atoms with Crippen LogP contribution in [0.5, 0.6) is 0 Å². The van der Waals surface area contributed by atoms with Crippen LogP contribution in [0.25, 0.3) is 35.2 Å². The van der Waals surface area contributed by atoms with Crippen LogP contribution < -0.4 is 10.6 Å². The molecule has 0 saturated heterocycles. The van der Waals surface area contributed by atoms with E-state index in [9.17, 15) is 0 Å². The normalized spacial score (nSPS) is 12.6. The lowest BCUT2D eigenvalue weighted by atomic mass is 10.00. The third-order valence-corrected chi connectivity index (χ3v) is 5.71. The Morgan fingerprint density at radius 2 is 2.00 bits per heavy atom. The van der Waals surface area contributed by atoms with Gasteiger partial charge >= 0.3 is 0 Å². The molecule has 0 aliphatic heterocycles. The Morgan fingerprint density at radius 3 is 2.66 bits per heavy atom. The van der Waals surface area contributed by atoms with Gasteiger partial charge in [0.1, 0.15) is 5.69 Å². The summed E-state index contributed by atoms with van der Waals surface area (Å²) >= 11 is 1.68. The molecule has 0 atom stereocenters. The van der Waals surface area contributed by atoms with E-state index < -0.39 is 0 Å². The highest BCUT2D eigenvalue weighted by Crippen LogP contribution is 2.30. The van der Waals surface area contributed by atoms with Crippen LogP contribution in [0.1, 0.15) is 43.2 Å². The summed E-state index contributed by atoms with van der Waals surface area (Å²) in [5.41, 5.74) is 8.43. The highest BCUT2D eigenvalue weighted by Gasteiger charge is 2.14. The van der Waals surface area contributed by atoms with Crippen molar-refractivity contribution in [3.8, 4) is 11.4 Å². The molecule has 4 aromatic rings. The highest BCUT2D eigenvalue weighted by atomic mass is 32.1. The largest absolute Gasteiger partial charge is 0.357 e. The molecule has 0 fully saturated rings. The highest BCUT2D eigenvalue weighted by molar-refractivity contribution is 7.08. The lowest BCUT2D eigenvalue weighted by Gasteiger charge is -2.03. The summed E-state index contributed by atoms with van der Waals surface area (Å²) in [7, 11) is 0. The van der Waals surface area contributed by atoms with E-state index in [0.29, 0.717) is 0 Å². The van der Waals surface area contributed by atoms with E-state index in [1.54, 1.807) is 17.5 Å². The standard InChI is InChI=1S/C24H23N5S.C2H6/c1-5-6-20(18-9-10-30-14-18)21-11-23(27-17(21)4)24-16(3)22(28-29-24)8-7-15(2)19-12-25-26-13-19;1-2/h5-14,27-28H,1,3H2,2,4H3,(H,25,26);1-2H3/b15-7+,20-6-,22-8+;. The first kappa shape index (κ1) is 23.0. The van der Waals surface area contributed by atoms with Crippen molar-refractivity contribution in [1.29, 1.82) is 0 Å². The van der Waals surface area contributed by atoms with Crippen LogP contribution in [0.3, 0.4) is 0 Å². The van der Waals surface area contributed by atoms with E-state index in [1.165, 1.54) is 5.56 Å². The van der Waals surface area contributed by atoms with Crippen molar-refractivity contribution in [3.05, 3.63) is 93.0 Å².